The number of rotatable bonds is 4. The Kier molecular flexibility index (Phi) is 5.20. The summed E-state index contributed by atoms with van der Waals surface area (Å²) >= 11 is 0. The van der Waals surface area contributed by atoms with Crippen LogP contribution in [-0.4, -0.2) is 24.5 Å². The fraction of sp³-hybridized carbons (Fsp3) is 0.786. The van der Waals surface area contributed by atoms with E-state index in [1.54, 1.807) is 0 Å². The van der Waals surface area contributed by atoms with Gasteiger partial charge in [0, 0.05) is 12.8 Å². The Bertz CT molecular complexity index is 259. The van der Waals surface area contributed by atoms with E-state index in [0.717, 1.165) is 19.4 Å². The number of aliphatic imine (C=N–C) groups is 1. The van der Waals surface area contributed by atoms with Gasteiger partial charge in [0.05, 0.1) is 6.10 Å². The van der Waals surface area contributed by atoms with E-state index in [0.29, 0.717) is 12.0 Å². The summed E-state index contributed by atoms with van der Waals surface area (Å²) in [4.78, 5) is 4.46. The van der Waals surface area contributed by atoms with Crippen LogP contribution in [0.5, 0.6) is 0 Å². The molecule has 92 valence electrons. The molecule has 0 aliphatic carbocycles. The quantitative estimate of drug-likeness (QED) is 0.667. The van der Waals surface area contributed by atoms with E-state index < -0.39 is 0 Å². The Morgan fingerprint density at radius 3 is 3.00 bits per heavy atom. The van der Waals surface area contributed by atoms with Gasteiger partial charge in [-0.1, -0.05) is 32.4 Å². The largest absolute Gasteiger partial charge is 0.366 e. The van der Waals surface area contributed by atoms with Gasteiger partial charge in [-0.25, -0.2) is 0 Å². The van der Waals surface area contributed by atoms with E-state index >= 15 is 0 Å². The van der Waals surface area contributed by atoms with E-state index in [9.17, 15) is 0 Å². The molecular weight excluding hydrogens is 198 g/mol. The molecule has 2 nitrogen and oxygen atoms in total. The molecule has 1 rings (SSSR count). The molecule has 1 aliphatic rings. The van der Waals surface area contributed by atoms with Gasteiger partial charge in [0.15, 0.2) is 0 Å². The lowest BCUT2D eigenvalue weighted by Crippen LogP contribution is -2.36. The van der Waals surface area contributed by atoms with Crippen molar-refractivity contribution in [1.82, 2.24) is 0 Å². The van der Waals surface area contributed by atoms with Crippen molar-refractivity contribution in [2.75, 3.05) is 6.54 Å². The molecule has 1 heterocycles. The van der Waals surface area contributed by atoms with Gasteiger partial charge in [0.1, 0.15) is 5.60 Å². The van der Waals surface area contributed by atoms with Crippen LogP contribution in [-0.2, 0) is 4.74 Å². The monoisotopic (exact) mass is 223 g/mol. The smallest absolute Gasteiger partial charge is 0.104 e. The van der Waals surface area contributed by atoms with Gasteiger partial charge in [-0.3, -0.25) is 4.99 Å². The van der Waals surface area contributed by atoms with Crippen LogP contribution in [0.4, 0.5) is 0 Å². The molecule has 2 heteroatoms. The summed E-state index contributed by atoms with van der Waals surface area (Å²) in [5.41, 5.74) is -0.211. The summed E-state index contributed by atoms with van der Waals surface area (Å²) < 4.78 is 6.25. The molecule has 0 aromatic heterocycles. The topological polar surface area (TPSA) is 21.6 Å². The predicted octanol–water partition coefficient (Wildman–Crippen LogP) is 3.62. The van der Waals surface area contributed by atoms with Crippen molar-refractivity contribution in [3.05, 3.63) is 12.2 Å². The molecule has 0 saturated carbocycles. The second-order valence-corrected chi connectivity index (χ2v) is 4.95. The lowest BCUT2D eigenvalue weighted by atomic mass is 9.97. The minimum absolute atomic E-state index is 0.211. The number of nitrogens with zero attached hydrogens (tertiary/aromatic N) is 1. The Hall–Kier alpha value is -0.630. The lowest BCUT2D eigenvalue weighted by molar-refractivity contribution is -0.0591. The fourth-order valence-electron chi connectivity index (χ4n) is 2.01. The molecule has 0 spiro atoms. The lowest BCUT2D eigenvalue weighted by Gasteiger charge is -2.31. The van der Waals surface area contributed by atoms with Crippen molar-refractivity contribution in [3.8, 4) is 0 Å². The second-order valence-electron chi connectivity index (χ2n) is 4.95. The minimum atomic E-state index is -0.211. The maximum absolute atomic E-state index is 6.25. The first-order valence-electron chi connectivity index (χ1n) is 6.41. The maximum atomic E-state index is 6.25. The van der Waals surface area contributed by atoms with Crippen LogP contribution >= 0.6 is 0 Å². The second kappa shape index (κ2) is 6.19. The van der Waals surface area contributed by atoms with Crippen molar-refractivity contribution < 1.29 is 4.74 Å². The highest BCUT2D eigenvalue weighted by atomic mass is 16.5. The van der Waals surface area contributed by atoms with Crippen LogP contribution in [0.15, 0.2) is 17.1 Å². The van der Waals surface area contributed by atoms with Crippen molar-refractivity contribution in [3.63, 3.8) is 0 Å². The Balaban J connectivity index is 2.69. The van der Waals surface area contributed by atoms with Crippen LogP contribution in [0.2, 0.25) is 0 Å². The van der Waals surface area contributed by atoms with Gasteiger partial charge in [0.2, 0.25) is 0 Å². The van der Waals surface area contributed by atoms with Gasteiger partial charge in [-0.2, -0.15) is 0 Å². The van der Waals surface area contributed by atoms with Gasteiger partial charge in [0.25, 0.3) is 0 Å². The molecule has 16 heavy (non-hydrogen) atoms. The Morgan fingerprint density at radius 1 is 1.62 bits per heavy atom. The Morgan fingerprint density at radius 2 is 2.38 bits per heavy atom. The van der Waals surface area contributed by atoms with E-state index in [1.807, 2.05) is 13.1 Å². The van der Waals surface area contributed by atoms with Gasteiger partial charge in [-0.15, -0.1) is 0 Å². The predicted molar refractivity (Wildman–Crippen MR) is 70.1 cm³/mol. The molecule has 3 unspecified atom stereocenters. The third kappa shape index (κ3) is 3.75. The van der Waals surface area contributed by atoms with Crippen LogP contribution in [0.3, 0.4) is 0 Å². The van der Waals surface area contributed by atoms with E-state index in [1.165, 1.54) is 6.42 Å². The molecule has 0 aromatic carbocycles. The molecule has 0 aromatic rings. The zero-order valence-corrected chi connectivity index (χ0v) is 11.1. The number of allylic oxidation sites excluding steroid dienone is 1. The number of hydrogen-bond donors (Lipinski definition) is 0. The van der Waals surface area contributed by atoms with Crippen LogP contribution < -0.4 is 0 Å². The minimum Gasteiger partial charge on any atom is -0.366 e. The fourth-order valence-corrected chi connectivity index (χ4v) is 2.01. The van der Waals surface area contributed by atoms with E-state index in [-0.39, 0.29) is 5.60 Å². The summed E-state index contributed by atoms with van der Waals surface area (Å²) in [6.07, 6.45) is 9.72. The number of ether oxygens (including phenoxy) is 1. The number of hydrogen-bond acceptors (Lipinski definition) is 2. The van der Waals surface area contributed by atoms with E-state index in [4.69, 9.17) is 4.74 Å². The highest BCUT2D eigenvalue weighted by Crippen LogP contribution is 2.26. The standard InChI is InChI=1S/C14H25NO/c1-5-7-9-14(4)11-15-10-8-13(16-14)12(3)6-2/h5,7,11-13H,6,8-10H2,1-4H3. The molecule has 1 aliphatic heterocycles. The molecule has 0 saturated heterocycles. The molecular formula is C14H25NO. The van der Waals surface area contributed by atoms with Crippen LogP contribution in [0.1, 0.15) is 47.0 Å². The first-order valence-corrected chi connectivity index (χ1v) is 6.41. The first kappa shape index (κ1) is 13.4. The zero-order chi connectivity index (χ0) is 12.0. The molecule has 0 radical (unpaired) electrons. The van der Waals surface area contributed by atoms with Crippen molar-refractivity contribution >= 4 is 6.21 Å². The van der Waals surface area contributed by atoms with Crippen LogP contribution in [0, 0.1) is 5.92 Å². The normalized spacial score (nSPS) is 32.9. The van der Waals surface area contributed by atoms with Crippen LogP contribution in [0.25, 0.3) is 0 Å². The summed E-state index contributed by atoms with van der Waals surface area (Å²) in [5, 5.41) is 0. The maximum Gasteiger partial charge on any atom is 0.104 e. The van der Waals surface area contributed by atoms with Crippen molar-refractivity contribution in [2.24, 2.45) is 10.9 Å². The molecule has 0 N–H and O–H groups in total. The average molecular weight is 223 g/mol. The summed E-state index contributed by atoms with van der Waals surface area (Å²) in [5.74, 6) is 0.617. The van der Waals surface area contributed by atoms with Gasteiger partial charge >= 0.3 is 0 Å². The first-order chi connectivity index (χ1) is 7.61. The van der Waals surface area contributed by atoms with Crippen molar-refractivity contribution in [1.29, 1.82) is 0 Å². The zero-order valence-electron chi connectivity index (χ0n) is 11.1. The molecule has 0 bridgehead atoms. The summed E-state index contributed by atoms with van der Waals surface area (Å²) in [7, 11) is 0. The Labute approximate surface area is 99.8 Å². The van der Waals surface area contributed by atoms with Crippen molar-refractivity contribution in [2.45, 2.75) is 58.7 Å². The SMILES string of the molecule is CC=CCC1(C)C=NCCC(C(C)CC)O1. The highest BCUT2D eigenvalue weighted by Gasteiger charge is 2.30. The third-order valence-corrected chi connectivity index (χ3v) is 3.37. The van der Waals surface area contributed by atoms with Gasteiger partial charge in [-0.05, 0) is 32.6 Å². The van der Waals surface area contributed by atoms with E-state index in [2.05, 4.69) is 37.9 Å². The third-order valence-electron chi connectivity index (χ3n) is 3.37. The average Bonchev–Trinajstić information content (AvgIpc) is 2.48. The summed E-state index contributed by atoms with van der Waals surface area (Å²) in [6, 6.07) is 0. The molecule has 3 atom stereocenters. The summed E-state index contributed by atoms with van der Waals surface area (Å²) in [6.45, 7) is 9.58. The molecule has 0 fully saturated rings. The highest BCUT2D eigenvalue weighted by molar-refractivity contribution is 5.68. The molecule has 0 amide bonds. The van der Waals surface area contributed by atoms with Gasteiger partial charge < -0.3 is 4.74 Å².